The van der Waals surface area contributed by atoms with Gasteiger partial charge in [0.25, 0.3) is 5.56 Å². The lowest BCUT2D eigenvalue weighted by atomic mass is 10.2. The first kappa shape index (κ1) is 25.7. The topological polar surface area (TPSA) is 101 Å². The number of thiophene rings is 1. The number of ether oxygens (including phenoxy) is 1. The monoisotopic (exact) mass is 575 g/mol. The zero-order valence-electron chi connectivity index (χ0n) is 22.5. The number of halogens is 1. The van der Waals surface area contributed by atoms with E-state index in [1.165, 1.54) is 23.5 Å². The van der Waals surface area contributed by atoms with Gasteiger partial charge in [0.05, 0.1) is 35.0 Å². The van der Waals surface area contributed by atoms with Gasteiger partial charge < -0.3 is 4.74 Å². The predicted octanol–water partition coefficient (Wildman–Crippen LogP) is 6.25. The Morgan fingerprint density at radius 1 is 0.881 bits per heavy atom. The number of aromatic nitrogens is 7. The van der Waals surface area contributed by atoms with E-state index in [2.05, 4.69) is 15.0 Å². The van der Waals surface area contributed by atoms with E-state index in [0.717, 1.165) is 32.0 Å². The zero-order valence-corrected chi connectivity index (χ0v) is 23.3. The molecule has 0 spiro atoms. The number of hydrogen-bond donors (Lipinski definition) is 0. The lowest BCUT2D eigenvalue weighted by molar-refractivity contribution is 0.480. The van der Waals surface area contributed by atoms with Crippen molar-refractivity contribution in [3.63, 3.8) is 0 Å². The molecular formula is C31H22FN7O2S. The van der Waals surface area contributed by atoms with Crippen molar-refractivity contribution in [3.8, 4) is 28.6 Å². The van der Waals surface area contributed by atoms with Crippen molar-refractivity contribution in [1.29, 1.82) is 0 Å². The Morgan fingerprint density at radius 3 is 2.36 bits per heavy atom. The van der Waals surface area contributed by atoms with E-state index in [1.54, 1.807) is 52.2 Å². The van der Waals surface area contributed by atoms with E-state index >= 15 is 0 Å². The van der Waals surface area contributed by atoms with Gasteiger partial charge >= 0.3 is 0 Å². The summed E-state index contributed by atoms with van der Waals surface area (Å²) in [4.78, 5) is 33.5. The lowest BCUT2D eigenvalue weighted by Crippen LogP contribution is -2.22. The van der Waals surface area contributed by atoms with Crippen molar-refractivity contribution in [3.05, 3.63) is 118 Å². The smallest absolute Gasteiger partial charge is 0.262 e. The van der Waals surface area contributed by atoms with Gasteiger partial charge in [-0.2, -0.15) is 0 Å². The van der Waals surface area contributed by atoms with E-state index < -0.39 is 0 Å². The van der Waals surface area contributed by atoms with Gasteiger partial charge in [0.15, 0.2) is 11.6 Å². The van der Waals surface area contributed by atoms with Crippen LogP contribution >= 0.6 is 11.3 Å². The molecule has 0 aliphatic heterocycles. The predicted molar refractivity (Wildman–Crippen MR) is 159 cm³/mol. The van der Waals surface area contributed by atoms with Gasteiger partial charge in [-0.1, -0.05) is 0 Å². The van der Waals surface area contributed by atoms with E-state index in [4.69, 9.17) is 14.8 Å². The zero-order chi connectivity index (χ0) is 28.8. The van der Waals surface area contributed by atoms with Crippen LogP contribution in [0.1, 0.15) is 16.3 Å². The van der Waals surface area contributed by atoms with Crippen molar-refractivity contribution >= 4 is 32.6 Å². The molecule has 3 aromatic carbocycles. The molecule has 0 saturated carbocycles. The van der Waals surface area contributed by atoms with Crippen LogP contribution in [0.5, 0.6) is 11.5 Å². The number of hydrogen-bond acceptors (Lipinski definition) is 8. The van der Waals surface area contributed by atoms with Crippen LogP contribution in [0.2, 0.25) is 0 Å². The van der Waals surface area contributed by atoms with Crippen LogP contribution < -0.4 is 10.3 Å². The summed E-state index contributed by atoms with van der Waals surface area (Å²) in [6.45, 7) is 4.10. The molecule has 4 aromatic heterocycles. The maximum Gasteiger partial charge on any atom is 0.262 e. The number of fused-ring (bicyclic) bond motifs is 2. The van der Waals surface area contributed by atoms with Gasteiger partial charge in [0.2, 0.25) is 0 Å². The minimum absolute atomic E-state index is 0.121. The maximum absolute atomic E-state index is 13.5. The molecule has 206 valence electrons. The first-order valence-electron chi connectivity index (χ1n) is 13.1. The van der Waals surface area contributed by atoms with Crippen molar-refractivity contribution in [2.24, 2.45) is 0 Å². The molecule has 0 atom stereocenters. The summed E-state index contributed by atoms with van der Waals surface area (Å²) < 4.78 is 22.4. The van der Waals surface area contributed by atoms with Gasteiger partial charge in [0, 0.05) is 22.8 Å². The summed E-state index contributed by atoms with van der Waals surface area (Å²) in [7, 11) is 0. The number of aryl methyl sites for hydroxylation is 2. The summed E-state index contributed by atoms with van der Waals surface area (Å²) in [6, 6.07) is 18.8. The molecule has 0 aliphatic rings. The molecule has 0 amide bonds. The summed E-state index contributed by atoms with van der Waals surface area (Å²) >= 11 is 1.52. The Morgan fingerprint density at radius 2 is 1.60 bits per heavy atom. The normalized spacial score (nSPS) is 11.4. The Bertz CT molecular complexity index is 2150. The highest BCUT2D eigenvalue weighted by Gasteiger charge is 2.18. The molecule has 7 rings (SSSR count). The standard InChI is InChI=1S/C31H22FN7O2S/c1-18-19(2)42-30-28(18)31(40)38(17-35-30)16-27-36-29(37-39(27)22-7-12-25-26(15-22)34-14-13-33-25)20-3-8-23(9-4-20)41-24-10-5-21(32)6-11-24/h3-15,17H,16H2,1-2H3. The quantitative estimate of drug-likeness (QED) is 0.231. The van der Waals surface area contributed by atoms with Crippen LogP contribution in [0, 0.1) is 19.7 Å². The van der Waals surface area contributed by atoms with Gasteiger partial charge in [0.1, 0.15) is 22.1 Å². The highest BCUT2D eigenvalue weighted by molar-refractivity contribution is 7.18. The Labute approximate surface area is 242 Å². The molecule has 0 N–H and O–H groups in total. The highest BCUT2D eigenvalue weighted by atomic mass is 32.1. The molecule has 7 aromatic rings. The molecule has 42 heavy (non-hydrogen) atoms. The third kappa shape index (κ3) is 4.69. The van der Waals surface area contributed by atoms with Crippen LogP contribution in [0.15, 0.2) is 90.2 Å². The van der Waals surface area contributed by atoms with Crippen LogP contribution in [0.25, 0.3) is 38.3 Å². The molecule has 4 heterocycles. The van der Waals surface area contributed by atoms with Crippen molar-refractivity contribution in [2.45, 2.75) is 20.4 Å². The number of nitrogens with zero attached hydrogens (tertiary/aromatic N) is 7. The number of benzene rings is 3. The molecule has 0 unspecified atom stereocenters. The van der Waals surface area contributed by atoms with E-state index in [-0.39, 0.29) is 17.9 Å². The summed E-state index contributed by atoms with van der Waals surface area (Å²) in [6.07, 6.45) is 4.85. The molecule has 0 radical (unpaired) electrons. The van der Waals surface area contributed by atoms with Crippen LogP contribution in [0.4, 0.5) is 4.39 Å². The average Bonchev–Trinajstić information content (AvgIpc) is 3.56. The first-order chi connectivity index (χ1) is 20.4. The second kappa shape index (κ2) is 10.3. The molecule has 0 saturated heterocycles. The van der Waals surface area contributed by atoms with Crippen molar-refractivity contribution in [1.82, 2.24) is 34.3 Å². The minimum atomic E-state index is -0.327. The van der Waals surface area contributed by atoms with Crippen LogP contribution in [-0.4, -0.2) is 34.3 Å². The van der Waals surface area contributed by atoms with E-state index in [9.17, 15) is 9.18 Å². The third-order valence-corrected chi connectivity index (χ3v) is 8.12. The summed E-state index contributed by atoms with van der Waals surface area (Å²) in [5, 5.41) is 5.46. The molecular weight excluding hydrogens is 553 g/mol. The third-order valence-electron chi connectivity index (χ3n) is 7.00. The van der Waals surface area contributed by atoms with Gasteiger partial charge in [-0.05, 0) is 86.1 Å². The lowest BCUT2D eigenvalue weighted by Gasteiger charge is -2.08. The Balaban J connectivity index is 1.28. The molecule has 0 bridgehead atoms. The van der Waals surface area contributed by atoms with Gasteiger partial charge in [-0.3, -0.25) is 19.3 Å². The second-order valence-electron chi connectivity index (χ2n) is 9.71. The summed E-state index contributed by atoms with van der Waals surface area (Å²) in [5.41, 5.74) is 3.79. The second-order valence-corrected chi connectivity index (χ2v) is 10.9. The van der Waals surface area contributed by atoms with Crippen molar-refractivity contribution < 1.29 is 9.13 Å². The van der Waals surface area contributed by atoms with E-state index in [0.29, 0.717) is 34.1 Å². The molecule has 0 fully saturated rings. The maximum atomic E-state index is 13.5. The first-order valence-corrected chi connectivity index (χ1v) is 13.9. The SMILES string of the molecule is Cc1sc2ncn(Cc3nc(-c4ccc(Oc5ccc(F)cc5)cc4)nn3-c3ccc4nccnc4c3)c(=O)c2c1C. The van der Waals surface area contributed by atoms with Crippen LogP contribution in [-0.2, 0) is 6.54 Å². The Kier molecular flexibility index (Phi) is 6.28. The molecule has 9 nitrogen and oxygen atoms in total. The van der Waals surface area contributed by atoms with Gasteiger partial charge in [-0.25, -0.2) is 19.0 Å². The highest BCUT2D eigenvalue weighted by Crippen LogP contribution is 2.27. The fourth-order valence-corrected chi connectivity index (χ4v) is 5.69. The fraction of sp³-hybridized carbons (Fsp3) is 0.0968. The minimum Gasteiger partial charge on any atom is -0.457 e. The Hall–Kier alpha value is -5.29. The molecule has 11 heteroatoms. The van der Waals surface area contributed by atoms with E-state index in [1.807, 2.05) is 44.2 Å². The van der Waals surface area contributed by atoms with Gasteiger partial charge in [-0.15, -0.1) is 16.4 Å². The van der Waals surface area contributed by atoms with Crippen molar-refractivity contribution in [2.75, 3.05) is 0 Å². The summed E-state index contributed by atoms with van der Waals surface area (Å²) in [5.74, 6) is 1.81. The average molecular weight is 576 g/mol. The fourth-order valence-electron chi connectivity index (χ4n) is 4.70. The molecule has 0 aliphatic carbocycles. The van der Waals surface area contributed by atoms with Crippen LogP contribution in [0.3, 0.4) is 0 Å². The number of rotatable bonds is 6. The largest absolute Gasteiger partial charge is 0.457 e.